The number of benzene rings is 2. The maximum Gasteiger partial charge on any atom is 0.319 e. The van der Waals surface area contributed by atoms with E-state index in [1.807, 2.05) is 43.3 Å². The first-order chi connectivity index (χ1) is 13.7. The van der Waals surface area contributed by atoms with Crippen molar-refractivity contribution in [3.63, 3.8) is 0 Å². The summed E-state index contributed by atoms with van der Waals surface area (Å²) in [7, 11) is 0. The lowest BCUT2D eigenvalue weighted by Gasteiger charge is -2.31. The predicted octanol–water partition coefficient (Wildman–Crippen LogP) is 3.09. The van der Waals surface area contributed by atoms with E-state index in [0.717, 1.165) is 36.5 Å². The molecule has 3 aromatic rings. The van der Waals surface area contributed by atoms with Gasteiger partial charge in [-0.1, -0.05) is 36.4 Å². The first-order valence-corrected chi connectivity index (χ1v) is 9.75. The molecule has 0 radical (unpaired) electrons. The quantitative estimate of drug-likeness (QED) is 0.641. The summed E-state index contributed by atoms with van der Waals surface area (Å²) in [5.74, 6) is 0.908. The Morgan fingerprint density at radius 2 is 1.96 bits per heavy atom. The van der Waals surface area contributed by atoms with E-state index in [1.165, 1.54) is 16.0 Å². The Kier molecular flexibility index (Phi) is 5.44. The molecule has 5 heteroatoms. The molecule has 2 aromatic carbocycles. The van der Waals surface area contributed by atoms with E-state index in [4.69, 9.17) is 4.42 Å². The fraction of sp³-hybridized carbons (Fsp3) is 0.261. The van der Waals surface area contributed by atoms with Crippen molar-refractivity contribution < 1.29 is 14.1 Å². The molecular formula is C23H26N3O2+. The Balaban J connectivity index is 1.43. The molecule has 0 fully saturated rings. The van der Waals surface area contributed by atoms with Crippen LogP contribution in [0, 0.1) is 6.92 Å². The lowest BCUT2D eigenvalue weighted by Crippen LogP contribution is -3.12. The summed E-state index contributed by atoms with van der Waals surface area (Å²) in [6, 6.07) is 20.2. The summed E-state index contributed by atoms with van der Waals surface area (Å²) < 4.78 is 5.71. The SMILES string of the molecule is Cc1cccc(NC(=O)NC[C@H](c2ccco2)[NH+]2CCc3ccccc3C2)c1. The molecule has 1 unspecified atom stereocenters. The maximum absolute atomic E-state index is 12.4. The minimum Gasteiger partial charge on any atom is -0.463 e. The standard InChI is InChI=1S/C23H25N3O2/c1-17-6-4-9-20(14-17)25-23(27)24-15-21(22-10-5-13-28-22)26-12-11-18-7-2-3-8-19(18)16-26/h2-10,13-14,21H,11-12,15-16H2,1H3,(H2,24,25,27)/p+1/t21-/m1/s1. The van der Waals surface area contributed by atoms with Crippen LogP contribution in [0.15, 0.2) is 71.3 Å². The van der Waals surface area contributed by atoms with Gasteiger partial charge in [0.15, 0.2) is 11.8 Å². The number of rotatable bonds is 5. The molecule has 1 aromatic heterocycles. The van der Waals surface area contributed by atoms with Crippen molar-refractivity contribution in [1.82, 2.24) is 5.32 Å². The number of carbonyl (C=O) groups excluding carboxylic acids is 1. The number of amides is 2. The number of fused-ring (bicyclic) bond motifs is 1. The van der Waals surface area contributed by atoms with Gasteiger partial charge in [0.25, 0.3) is 0 Å². The second-order valence-corrected chi connectivity index (χ2v) is 7.38. The number of hydrogen-bond acceptors (Lipinski definition) is 2. The van der Waals surface area contributed by atoms with E-state index in [0.29, 0.717) is 6.54 Å². The van der Waals surface area contributed by atoms with Crippen LogP contribution in [0.25, 0.3) is 0 Å². The van der Waals surface area contributed by atoms with Gasteiger partial charge in [0.2, 0.25) is 0 Å². The second-order valence-electron chi connectivity index (χ2n) is 7.38. The van der Waals surface area contributed by atoms with Gasteiger partial charge in [-0.25, -0.2) is 4.79 Å². The third-order valence-electron chi connectivity index (χ3n) is 5.37. The summed E-state index contributed by atoms with van der Waals surface area (Å²) in [4.78, 5) is 13.8. The highest BCUT2D eigenvalue weighted by atomic mass is 16.3. The van der Waals surface area contributed by atoms with Crippen LogP contribution in [-0.2, 0) is 13.0 Å². The Labute approximate surface area is 165 Å². The van der Waals surface area contributed by atoms with Crippen LogP contribution in [0.1, 0.15) is 28.5 Å². The van der Waals surface area contributed by atoms with Gasteiger partial charge in [-0.2, -0.15) is 0 Å². The summed E-state index contributed by atoms with van der Waals surface area (Å²) in [6.45, 7) is 4.47. The molecule has 2 amide bonds. The van der Waals surface area contributed by atoms with E-state index in [2.05, 4.69) is 34.9 Å². The number of hydrogen-bond donors (Lipinski definition) is 3. The van der Waals surface area contributed by atoms with Gasteiger partial charge in [0.05, 0.1) is 19.4 Å². The monoisotopic (exact) mass is 376 g/mol. The lowest BCUT2D eigenvalue weighted by molar-refractivity contribution is -0.946. The van der Waals surface area contributed by atoms with Gasteiger partial charge >= 0.3 is 6.03 Å². The maximum atomic E-state index is 12.4. The molecule has 1 aliphatic rings. The summed E-state index contributed by atoms with van der Waals surface area (Å²) in [5.41, 5.74) is 4.72. The first-order valence-electron chi connectivity index (χ1n) is 9.75. The zero-order valence-electron chi connectivity index (χ0n) is 16.1. The third kappa shape index (κ3) is 4.26. The van der Waals surface area contributed by atoms with Gasteiger partial charge in [0.1, 0.15) is 6.54 Å². The zero-order chi connectivity index (χ0) is 19.3. The molecule has 0 saturated heterocycles. The van der Waals surface area contributed by atoms with Crippen LogP contribution < -0.4 is 15.5 Å². The summed E-state index contributed by atoms with van der Waals surface area (Å²) in [6.07, 6.45) is 2.74. The molecule has 5 nitrogen and oxygen atoms in total. The molecule has 0 saturated carbocycles. The fourth-order valence-corrected chi connectivity index (χ4v) is 3.93. The molecular weight excluding hydrogens is 350 g/mol. The van der Waals surface area contributed by atoms with Crippen molar-refractivity contribution >= 4 is 11.7 Å². The molecule has 4 rings (SSSR count). The molecule has 28 heavy (non-hydrogen) atoms. The number of furan rings is 1. The van der Waals surface area contributed by atoms with Crippen LogP contribution in [0.5, 0.6) is 0 Å². The van der Waals surface area contributed by atoms with Gasteiger partial charge in [-0.3, -0.25) is 0 Å². The summed E-state index contributed by atoms with van der Waals surface area (Å²) in [5, 5.41) is 5.94. The highest BCUT2D eigenvalue weighted by Gasteiger charge is 2.30. The number of nitrogens with one attached hydrogen (secondary N) is 3. The van der Waals surface area contributed by atoms with E-state index >= 15 is 0 Å². The average Bonchev–Trinajstić information content (AvgIpc) is 3.22. The van der Waals surface area contributed by atoms with Crippen LogP contribution in [0.2, 0.25) is 0 Å². The number of quaternary nitrogens is 1. The van der Waals surface area contributed by atoms with Crippen LogP contribution >= 0.6 is 0 Å². The van der Waals surface area contributed by atoms with Crippen molar-refractivity contribution in [2.24, 2.45) is 0 Å². The minimum absolute atomic E-state index is 0.0756. The normalized spacial score (nSPS) is 16.8. The fourth-order valence-electron chi connectivity index (χ4n) is 3.93. The smallest absolute Gasteiger partial charge is 0.319 e. The third-order valence-corrected chi connectivity index (χ3v) is 5.37. The summed E-state index contributed by atoms with van der Waals surface area (Å²) >= 11 is 0. The molecule has 1 aliphatic heterocycles. The van der Waals surface area contributed by atoms with Gasteiger partial charge < -0.3 is 20.0 Å². The van der Waals surface area contributed by atoms with Gasteiger partial charge in [-0.15, -0.1) is 0 Å². The van der Waals surface area contributed by atoms with Crippen molar-refractivity contribution in [3.8, 4) is 0 Å². The molecule has 144 valence electrons. The largest absolute Gasteiger partial charge is 0.463 e. The van der Waals surface area contributed by atoms with Gasteiger partial charge in [-0.05, 0) is 42.3 Å². The Morgan fingerprint density at radius 1 is 1.11 bits per heavy atom. The van der Waals surface area contributed by atoms with E-state index in [-0.39, 0.29) is 12.1 Å². The predicted molar refractivity (Wildman–Crippen MR) is 109 cm³/mol. The van der Waals surface area contributed by atoms with Crippen LogP contribution in [0.4, 0.5) is 10.5 Å². The molecule has 0 spiro atoms. The molecule has 0 aliphatic carbocycles. The number of carbonyl (C=O) groups is 1. The topological polar surface area (TPSA) is 58.7 Å². The number of urea groups is 1. The first kappa shape index (κ1) is 18.3. The number of aryl methyl sites for hydroxylation is 1. The minimum atomic E-state index is -0.195. The van der Waals surface area contributed by atoms with Crippen molar-refractivity contribution in [2.75, 3.05) is 18.4 Å². The highest BCUT2D eigenvalue weighted by Crippen LogP contribution is 2.16. The van der Waals surface area contributed by atoms with Crippen molar-refractivity contribution in [2.45, 2.75) is 25.9 Å². The highest BCUT2D eigenvalue weighted by molar-refractivity contribution is 5.89. The van der Waals surface area contributed by atoms with E-state index in [9.17, 15) is 4.79 Å². The van der Waals surface area contributed by atoms with Crippen molar-refractivity contribution in [3.05, 3.63) is 89.4 Å². The van der Waals surface area contributed by atoms with Gasteiger partial charge in [0, 0.05) is 17.7 Å². The lowest BCUT2D eigenvalue weighted by atomic mass is 9.98. The van der Waals surface area contributed by atoms with Crippen LogP contribution in [-0.4, -0.2) is 19.1 Å². The van der Waals surface area contributed by atoms with E-state index in [1.54, 1.807) is 6.26 Å². The molecule has 0 bridgehead atoms. The van der Waals surface area contributed by atoms with E-state index < -0.39 is 0 Å². The molecule has 3 N–H and O–H groups in total. The Hall–Kier alpha value is -3.05. The molecule has 2 atom stereocenters. The Bertz CT molecular complexity index is 937. The Morgan fingerprint density at radius 3 is 2.75 bits per heavy atom. The average molecular weight is 376 g/mol. The number of anilines is 1. The second kappa shape index (κ2) is 8.31. The molecule has 2 heterocycles. The van der Waals surface area contributed by atoms with Crippen LogP contribution in [0.3, 0.4) is 0 Å². The zero-order valence-corrected chi connectivity index (χ0v) is 16.1. The van der Waals surface area contributed by atoms with Crippen molar-refractivity contribution in [1.29, 1.82) is 0 Å².